The molecular formula is C27H31N3O2. The molecule has 32 heavy (non-hydrogen) atoms. The lowest BCUT2D eigenvalue weighted by Crippen LogP contribution is -2.64. The molecule has 2 bridgehead atoms. The van der Waals surface area contributed by atoms with E-state index in [9.17, 15) is 9.59 Å². The molecule has 5 nitrogen and oxygen atoms in total. The van der Waals surface area contributed by atoms with Crippen LogP contribution < -0.4 is 0 Å². The number of benzene rings is 2. The summed E-state index contributed by atoms with van der Waals surface area (Å²) in [7, 11) is 3.56. The summed E-state index contributed by atoms with van der Waals surface area (Å²) in [5.74, 6) is 0.116. The molecule has 2 aliphatic heterocycles. The highest BCUT2D eigenvalue weighted by molar-refractivity contribution is 5.96. The molecule has 2 amide bonds. The van der Waals surface area contributed by atoms with E-state index in [0.29, 0.717) is 5.56 Å². The molecule has 0 aromatic heterocycles. The number of amides is 2. The van der Waals surface area contributed by atoms with Crippen molar-refractivity contribution in [3.05, 3.63) is 64.2 Å². The van der Waals surface area contributed by atoms with Crippen LogP contribution in [0.4, 0.5) is 5.69 Å². The average molecular weight is 430 g/mol. The molecule has 2 aromatic rings. The van der Waals surface area contributed by atoms with Crippen molar-refractivity contribution in [2.45, 2.75) is 51.5 Å². The standard InChI is InChI=1S/C27H31N3O2/c1-26(2)23-16-20-15-18(24(31)29(4)5)6-8-21(20)27(26,3)11-13-30(23)25(32)19-7-9-22-17(14-19)10-12-28-22/h6-9,12,14-15,23H,10-11,13,16H2,1-5H3. The van der Waals surface area contributed by atoms with E-state index in [2.05, 4.69) is 42.8 Å². The first-order valence-corrected chi connectivity index (χ1v) is 11.4. The molecule has 1 aliphatic carbocycles. The zero-order valence-corrected chi connectivity index (χ0v) is 19.6. The van der Waals surface area contributed by atoms with Crippen LogP contribution in [0, 0.1) is 5.41 Å². The molecule has 2 heterocycles. The third-order valence-electron chi connectivity index (χ3n) is 8.38. The van der Waals surface area contributed by atoms with Crippen molar-refractivity contribution in [2.24, 2.45) is 10.4 Å². The van der Waals surface area contributed by atoms with E-state index in [1.54, 1.807) is 19.0 Å². The Morgan fingerprint density at radius 2 is 1.75 bits per heavy atom. The van der Waals surface area contributed by atoms with Crippen molar-refractivity contribution >= 4 is 23.7 Å². The minimum atomic E-state index is -0.0825. The fourth-order valence-electron chi connectivity index (χ4n) is 5.99. The number of nitrogens with zero attached hydrogens (tertiary/aromatic N) is 3. The molecular weight excluding hydrogens is 398 g/mol. The number of carbonyl (C=O) groups excluding carboxylic acids is 2. The zero-order chi connectivity index (χ0) is 22.8. The lowest BCUT2D eigenvalue weighted by atomic mass is 9.51. The topological polar surface area (TPSA) is 53.0 Å². The first-order chi connectivity index (χ1) is 15.1. The maximum absolute atomic E-state index is 13.7. The van der Waals surface area contributed by atoms with Crippen molar-refractivity contribution in [3.63, 3.8) is 0 Å². The Hall–Kier alpha value is -2.95. The quantitative estimate of drug-likeness (QED) is 0.710. The molecule has 166 valence electrons. The summed E-state index contributed by atoms with van der Waals surface area (Å²) >= 11 is 0. The third-order valence-corrected chi connectivity index (χ3v) is 8.38. The molecule has 0 radical (unpaired) electrons. The molecule has 0 spiro atoms. The van der Waals surface area contributed by atoms with E-state index in [0.717, 1.165) is 42.6 Å². The minimum Gasteiger partial charge on any atom is -0.345 e. The van der Waals surface area contributed by atoms with Crippen molar-refractivity contribution in [2.75, 3.05) is 20.6 Å². The Morgan fingerprint density at radius 3 is 2.50 bits per heavy atom. The number of piperidine rings is 1. The van der Waals surface area contributed by atoms with Gasteiger partial charge in [-0.2, -0.15) is 0 Å². The van der Waals surface area contributed by atoms with Crippen molar-refractivity contribution in [1.82, 2.24) is 9.80 Å². The van der Waals surface area contributed by atoms with Crippen LogP contribution in [0.3, 0.4) is 0 Å². The van der Waals surface area contributed by atoms with Gasteiger partial charge in [-0.1, -0.05) is 26.8 Å². The van der Waals surface area contributed by atoms with Gasteiger partial charge in [-0.25, -0.2) is 0 Å². The lowest BCUT2D eigenvalue weighted by molar-refractivity contribution is -0.0262. The van der Waals surface area contributed by atoms with Gasteiger partial charge in [0.05, 0.1) is 5.69 Å². The number of aliphatic imine (C=N–C) groups is 1. The molecule has 2 atom stereocenters. The van der Waals surface area contributed by atoms with E-state index in [4.69, 9.17) is 0 Å². The maximum Gasteiger partial charge on any atom is 0.254 e. The normalized spacial score (nSPS) is 24.7. The van der Waals surface area contributed by atoms with Gasteiger partial charge in [-0.15, -0.1) is 0 Å². The number of fused-ring (bicyclic) bond motifs is 5. The van der Waals surface area contributed by atoms with Gasteiger partial charge >= 0.3 is 0 Å². The highest BCUT2D eigenvalue weighted by atomic mass is 16.2. The first-order valence-electron chi connectivity index (χ1n) is 11.4. The van der Waals surface area contributed by atoms with Crippen LogP contribution in [0.15, 0.2) is 41.4 Å². The predicted octanol–water partition coefficient (Wildman–Crippen LogP) is 4.40. The average Bonchev–Trinajstić information content (AvgIpc) is 3.23. The number of likely N-dealkylation sites (tertiary alicyclic amines) is 1. The van der Waals surface area contributed by atoms with Gasteiger partial charge in [-0.05, 0) is 65.3 Å². The molecule has 0 saturated carbocycles. The van der Waals surface area contributed by atoms with Crippen molar-refractivity contribution in [1.29, 1.82) is 0 Å². The zero-order valence-electron chi connectivity index (χ0n) is 19.6. The molecule has 1 saturated heterocycles. The summed E-state index contributed by atoms with van der Waals surface area (Å²) in [6.45, 7) is 7.68. The van der Waals surface area contributed by atoms with E-state index in [1.807, 2.05) is 30.5 Å². The lowest BCUT2D eigenvalue weighted by Gasteiger charge is -2.60. The van der Waals surface area contributed by atoms with Gasteiger partial charge in [0, 0.05) is 55.9 Å². The summed E-state index contributed by atoms with van der Waals surface area (Å²) in [6.07, 6.45) is 4.37. The Balaban J connectivity index is 1.53. The largest absolute Gasteiger partial charge is 0.345 e. The van der Waals surface area contributed by atoms with Gasteiger partial charge in [0.25, 0.3) is 11.8 Å². The highest BCUT2D eigenvalue weighted by Gasteiger charge is 2.56. The number of hydrogen-bond acceptors (Lipinski definition) is 3. The second-order valence-electron chi connectivity index (χ2n) is 10.5. The number of hydrogen-bond donors (Lipinski definition) is 0. The van der Waals surface area contributed by atoms with E-state index in [-0.39, 0.29) is 28.7 Å². The van der Waals surface area contributed by atoms with E-state index < -0.39 is 0 Å². The van der Waals surface area contributed by atoms with Gasteiger partial charge < -0.3 is 9.80 Å². The third kappa shape index (κ3) is 2.86. The van der Waals surface area contributed by atoms with Crippen LogP contribution >= 0.6 is 0 Å². The molecule has 3 aliphatic rings. The van der Waals surface area contributed by atoms with Gasteiger partial charge in [0.15, 0.2) is 0 Å². The first kappa shape index (κ1) is 20.9. The second-order valence-corrected chi connectivity index (χ2v) is 10.5. The molecule has 5 heteroatoms. The summed E-state index contributed by atoms with van der Waals surface area (Å²) in [5.41, 5.74) is 5.95. The van der Waals surface area contributed by atoms with Crippen LogP contribution in [-0.4, -0.2) is 54.5 Å². The maximum atomic E-state index is 13.7. The Bertz CT molecular complexity index is 1160. The Labute approximate surface area is 190 Å². The minimum absolute atomic E-state index is 0.0150. The van der Waals surface area contributed by atoms with Crippen LogP contribution in [0.1, 0.15) is 64.6 Å². The predicted molar refractivity (Wildman–Crippen MR) is 127 cm³/mol. The van der Waals surface area contributed by atoms with Crippen LogP contribution in [0.5, 0.6) is 0 Å². The SMILES string of the molecule is CN(C)C(=O)c1ccc2c(c1)CC1N(C(=O)c3ccc4c(c3)CC=N4)CCC2(C)C1(C)C. The van der Waals surface area contributed by atoms with Gasteiger partial charge in [0.2, 0.25) is 0 Å². The Morgan fingerprint density at radius 1 is 1.03 bits per heavy atom. The summed E-state index contributed by atoms with van der Waals surface area (Å²) in [4.78, 5) is 34.4. The number of rotatable bonds is 2. The molecule has 5 rings (SSSR count). The monoisotopic (exact) mass is 429 g/mol. The fourth-order valence-corrected chi connectivity index (χ4v) is 5.99. The smallest absolute Gasteiger partial charge is 0.254 e. The summed E-state index contributed by atoms with van der Waals surface area (Å²) < 4.78 is 0. The Kier molecular flexibility index (Phi) is 4.59. The summed E-state index contributed by atoms with van der Waals surface area (Å²) in [6, 6.07) is 12.1. The van der Waals surface area contributed by atoms with Gasteiger partial charge in [0.1, 0.15) is 0 Å². The van der Waals surface area contributed by atoms with Crippen LogP contribution in [-0.2, 0) is 18.3 Å². The van der Waals surface area contributed by atoms with Gasteiger partial charge in [-0.3, -0.25) is 14.6 Å². The van der Waals surface area contributed by atoms with E-state index >= 15 is 0 Å². The summed E-state index contributed by atoms with van der Waals surface area (Å²) in [5, 5.41) is 0. The molecule has 1 fully saturated rings. The number of carbonyl (C=O) groups is 2. The van der Waals surface area contributed by atoms with Crippen LogP contribution in [0.2, 0.25) is 0 Å². The van der Waals surface area contributed by atoms with Crippen molar-refractivity contribution in [3.8, 4) is 0 Å². The highest BCUT2D eigenvalue weighted by Crippen LogP contribution is 2.56. The van der Waals surface area contributed by atoms with E-state index in [1.165, 1.54) is 11.1 Å². The molecule has 2 unspecified atom stereocenters. The van der Waals surface area contributed by atoms with Crippen LogP contribution in [0.25, 0.3) is 0 Å². The fraction of sp³-hybridized carbons (Fsp3) is 0.444. The van der Waals surface area contributed by atoms with Crippen molar-refractivity contribution < 1.29 is 9.59 Å². The second kappa shape index (κ2) is 7.03. The molecule has 0 N–H and O–H groups in total. The molecule has 2 aromatic carbocycles.